The molecule has 0 bridgehead atoms. The Morgan fingerprint density at radius 1 is 1.22 bits per heavy atom. The zero-order chi connectivity index (χ0) is 17.5. The van der Waals surface area contributed by atoms with Gasteiger partial charge >= 0.3 is 5.69 Å². The van der Waals surface area contributed by atoms with E-state index in [1.165, 1.54) is 23.4 Å². The van der Waals surface area contributed by atoms with Crippen molar-refractivity contribution in [1.82, 2.24) is 19.1 Å². The van der Waals surface area contributed by atoms with Crippen LogP contribution in [0.5, 0.6) is 0 Å². The van der Waals surface area contributed by atoms with Crippen molar-refractivity contribution in [3.05, 3.63) is 38.3 Å². The Balaban J connectivity index is 2.92. The SMILES string of the molecule is C=C(Cl)CSc1nc(C(C)(C)C)nc2c1c(=O)n(C)c(=O)n2C. The first-order valence-electron chi connectivity index (χ1n) is 6.98. The summed E-state index contributed by atoms with van der Waals surface area (Å²) in [5, 5.41) is 1.30. The lowest BCUT2D eigenvalue weighted by atomic mass is 9.96. The number of aromatic nitrogens is 4. The molecule has 2 aromatic heterocycles. The van der Waals surface area contributed by atoms with Gasteiger partial charge in [-0.2, -0.15) is 0 Å². The Bertz CT molecular complexity index is 909. The fraction of sp³-hybridized carbons (Fsp3) is 0.467. The van der Waals surface area contributed by atoms with Crippen molar-refractivity contribution in [2.45, 2.75) is 31.2 Å². The lowest BCUT2D eigenvalue weighted by Crippen LogP contribution is -2.38. The Kier molecular flexibility index (Phi) is 4.73. The third-order valence-corrected chi connectivity index (χ3v) is 4.66. The smallest absolute Gasteiger partial charge is 0.280 e. The maximum atomic E-state index is 12.5. The first-order chi connectivity index (χ1) is 10.5. The fourth-order valence-corrected chi connectivity index (χ4v) is 2.95. The predicted octanol–water partition coefficient (Wildman–Crippen LogP) is 2.17. The van der Waals surface area contributed by atoms with Gasteiger partial charge < -0.3 is 0 Å². The van der Waals surface area contributed by atoms with E-state index in [0.717, 1.165) is 4.57 Å². The highest BCUT2D eigenvalue weighted by Gasteiger charge is 2.23. The number of halogens is 1. The molecule has 6 nitrogen and oxygen atoms in total. The van der Waals surface area contributed by atoms with Crippen molar-refractivity contribution >= 4 is 34.4 Å². The Labute approximate surface area is 143 Å². The Morgan fingerprint density at radius 3 is 2.35 bits per heavy atom. The van der Waals surface area contributed by atoms with E-state index in [0.29, 0.717) is 32.7 Å². The van der Waals surface area contributed by atoms with Gasteiger partial charge in [0.1, 0.15) is 16.2 Å². The second kappa shape index (κ2) is 6.13. The zero-order valence-electron chi connectivity index (χ0n) is 13.8. The molecule has 23 heavy (non-hydrogen) atoms. The normalized spacial score (nSPS) is 11.9. The molecule has 0 aliphatic heterocycles. The van der Waals surface area contributed by atoms with Crippen LogP contribution in [0, 0.1) is 0 Å². The number of fused-ring (bicyclic) bond motifs is 1. The molecule has 0 fully saturated rings. The largest absolute Gasteiger partial charge is 0.332 e. The summed E-state index contributed by atoms with van der Waals surface area (Å²) in [4.78, 5) is 33.7. The van der Waals surface area contributed by atoms with E-state index in [1.54, 1.807) is 7.05 Å². The van der Waals surface area contributed by atoms with E-state index < -0.39 is 11.2 Å². The van der Waals surface area contributed by atoms with Gasteiger partial charge in [-0.3, -0.25) is 13.9 Å². The standard InChI is InChI=1S/C15H19ClN4O2S/c1-8(16)7-23-11-9-10(17-13(18-11)15(2,3)4)19(5)14(22)20(6)12(9)21/h1,7H2,2-6H3. The summed E-state index contributed by atoms with van der Waals surface area (Å²) < 4.78 is 2.43. The Morgan fingerprint density at radius 2 is 1.83 bits per heavy atom. The second-order valence-electron chi connectivity index (χ2n) is 6.31. The number of aryl methyl sites for hydroxylation is 1. The quantitative estimate of drug-likeness (QED) is 0.624. The molecule has 2 aromatic rings. The molecule has 124 valence electrons. The van der Waals surface area contributed by atoms with Crippen molar-refractivity contribution in [3.8, 4) is 0 Å². The lowest BCUT2D eigenvalue weighted by molar-refractivity contribution is 0.539. The van der Waals surface area contributed by atoms with E-state index in [1.807, 2.05) is 20.8 Å². The molecule has 0 N–H and O–H groups in total. The molecule has 0 amide bonds. The molecular weight excluding hydrogens is 336 g/mol. The van der Waals surface area contributed by atoms with Crippen LogP contribution >= 0.6 is 23.4 Å². The first-order valence-corrected chi connectivity index (χ1v) is 8.34. The monoisotopic (exact) mass is 354 g/mol. The highest BCUT2D eigenvalue weighted by atomic mass is 35.5. The zero-order valence-corrected chi connectivity index (χ0v) is 15.4. The van der Waals surface area contributed by atoms with Gasteiger partial charge in [0.25, 0.3) is 5.56 Å². The van der Waals surface area contributed by atoms with Gasteiger partial charge in [0.2, 0.25) is 0 Å². The molecule has 8 heteroatoms. The predicted molar refractivity (Wildman–Crippen MR) is 94.4 cm³/mol. The van der Waals surface area contributed by atoms with Crippen LogP contribution < -0.4 is 11.2 Å². The van der Waals surface area contributed by atoms with Gasteiger partial charge in [-0.05, 0) is 0 Å². The molecule has 0 saturated carbocycles. The van der Waals surface area contributed by atoms with Gasteiger partial charge in [0.05, 0.1) is 0 Å². The molecule has 2 heterocycles. The third-order valence-electron chi connectivity index (χ3n) is 3.30. The molecule has 0 aliphatic carbocycles. The van der Waals surface area contributed by atoms with Crippen LogP contribution in [0.4, 0.5) is 0 Å². The number of rotatable bonds is 3. The summed E-state index contributed by atoms with van der Waals surface area (Å²) in [6.07, 6.45) is 0. The van der Waals surface area contributed by atoms with Gasteiger partial charge in [-0.25, -0.2) is 14.8 Å². The molecule has 0 atom stereocenters. The van der Waals surface area contributed by atoms with Gasteiger partial charge in [0, 0.05) is 30.3 Å². The van der Waals surface area contributed by atoms with Crippen LogP contribution in [-0.2, 0) is 19.5 Å². The number of hydrogen-bond donors (Lipinski definition) is 0. The van der Waals surface area contributed by atoms with E-state index in [4.69, 9.17) is 11.6 Å². The first kappa shape index (κ1) is 17.7. The average molecular weight is 355 g/mol. The van der Waals surface area contributed by atoms with Crippen molar-refractivity contribution < 1.29 is 0 Å². The van der Waals surface area contributed by atoms with Crippen molar-refractivity contribution in [3.63, 3.8) is 0 Å². The molecule has 0 saturated heterocycles. The van der Waals surface area contributed by atoms with Crippen LogP contribution in [0.3, 0.4) is 0 Å². The molecular formula is C15H19ClN4O2S. The van der Waals surface area contributed by atoms with Gasteiger partial charge in [-0.1, -0.05) is 50.7 Å². The van der Waals surface area contributed by atoms with Gasteiger partial charge in [0.15, 0.2) is 5.65 Å². The summed E-state index contributed by atoms with van der Waals surface area (Å²) in [5.74, 6) is 0.986. The number of hydrogen-bond acceptors (Lipinski definition) is 5. The molecule has 2 rings (SSSR count). The summed E-state index contributed by atoms with van der Waals surface area (Å²) in [6.45, 7) is 9.58. The molecule has 0 aliphatic rings. The number of nitrogens with zero attached hydrogens (tertiary/aromatic N) is 4. The minimum absolute atomic E-state index is 0.321. The highest BCUT2D eigenvalue weighted by Crippen LogP contribution is 2.28. The fourth-order valence-electron chi connectivity index (χ4n) is 2.02. The van der Waals surface area contributed by atoms with Crippen molar-refractivity contribution in [1.29, 1.82) is 0 Å². The van der Waals surface area contributed by atoms with Crippen molar-refractivity contribution in [2.24, 2.45) is 14.1 Å². The summed E-state index contributed by atoms with van der Waals surface area (Å²) in [6, 6.07) is 0. The lowest BCUT2D eigenvalue weighted by Gasteiger charge is -2.19. The third kappa shape index (κ3) is 3.35. The molecule has 0 radical (unpaired) electrons. The number of thioether (sulfide) groups is 1. The summed E-state index contributed by atoms with van der Waals surface area (Å²) >= 11 is 7.15. The van der Waals surface area contributed by atoms with E-state index in [-0.39, 0.29) is 5.41 Å². The van der Waals surface area contributed by atoms with Crippen molar-refractivity contribution in [2.75, 3.05) is 5.75 Å². The van der Waals surface area contributed by atoms with Crippen LogP contribution in [0.15, 0.2) is 26.2 Å². The summed E-state index contributed by atoms with van der Waals surface area (Å²) in [5.41, 5.74) is -0.816. The van der Waals surface area contributed by atoms with E-state index >= 15 is 0 Å². The molecule has 0 aromatic carbocycles. The Hall–Kier alpha value is -1.60. The molecule has 0 spiro atoms. The van der Waals surface area contributed by atoms with E-state index in [2.05, 4.69) is 16.5 Å². The minimum Gasteiger partial charge on any atom is -0.280 e. The van der Waals surface area contributed by atoms with Crippen LogP contribution in [0.2, 0.25) is 0 Å². The highest BCUT2D eigenvalue weighted by molar-refractivity contribution is 7.99. The summed E-state index contributed by atoms with van der Waals surface area (Å²) in [7, 11) is 3.04. The maximum Gasteiger partial charge on any atom is 0.332 e. The molecule has 0 unspecified atom stereocenters. The van der Waals surface area contributed by atoms with E-state index in [9.17, 15) is 9.59 Å². The average Bonchev–Trinajstić information content (AvgIpc) is 2.46. The van der Waals surface area contributed by atoms with Gasteiger partial charge in [-0.15, -0.1) is 0 Å². The second-order valence-corrected chi connectivity index (χ2v) is 7.81. The van der Waals surface area contributed by atoms with Crippen LogP contribution in [0.1, 0.15) is 26.6 Å². The topological polar surface area (TPSA) is 69.8 Å². The minimum atomic E-state index is -0.418. The van der Waals surface area contributed by atoms with Crippen LogP contribution in [0.25, 0.3) is 11.0 Å². The van der Waals surface area contributed by atoms with Crippen LogP contribution in [-0.4, -0.2) is 24.9 Å². The maximum absolute atomic E-state index is 12.5.